The summed E-state index contributed by atoms with van der Waals surface area (Å²) in [6.07, 6.45) is 0. The number of amides is 2. The minimum absolute atomic E-state index is 0.124. The van der Waals surface area contributed by atoms with Gasteiger partial charge in [-0.05, 0) is 35.0 Å². The third kappa shape index (κ3) is 2.90. The van der Waals surface area contributed by atoms with Crippen molar-refractivity contribution < 1.29 is 24.2 Å². The minimum atomic E-state index is -1.13. The SMILES string of the molecule is CC(NC(=O)c1cc2c(cc1Br)NC(=O)CO2)C(=O)O. The van der Waals surface area contributed by atoms with Crippen LogP contribution in [0.5, 0.6) is 5.75 Å². The summed E-state index contributed by atoms with van der Waals surface area (Å²) in [6.45, 7) is 1.24. The highest BCUT2D eigenvalue weighted by molar-refractivity contribution is 9.10. The van der Waals surface area contributed by atoms with Gasteiger partial charge >= 0.3 is 5.97 Å². The molecule has 1 unspecified atom stereocenters. The Bertz CT molecular complexity index is 602. The summed E-state index contributed by atoms with van der Waals surface area (Å²) < 4.78 is 5.63. The van der Waals surface area contributed by atoms with Crippen molar-refractivity contribution in [3.8, 4) is 5.75 Å². The Hall–Kier alpha value is -2.09. The minimum Gasteiger partial charge on any atom is -0.482 e. The van der Waals surface area contributed by atoms with E-state index in [9.17, 15) is 14.4 Å². The van der Waals surface area contributed by atoms with Crippen molar-refractivity contribution in [2.24, 2.45) is 0 Å². The van der Waals surface area contributed by atoms with E-state index < -0.39 is 17.9 Å². The number of aliphatic carboxylic acids is 1. The van der Waals surface area contributed by atoms with Crippen molar-refractivity contribution in [3.05, 3.63) is 22.2 Å². The molecule has 1 heterocycles. The molecule has 2 amide bonds. The maximum atomic E-state index is 12.0. The topological polar surface area (TPSA) is 105 Å². The molecule has 7 nitrogen and oxygen atoms in total. The highest BCUT2D eigenvalue weighted by atomic mass is 79.9. The van der Waals surface area contributed by atoms with E-state index in [1.807, 2.05) is 0 Å². The number of nitrogens with one attached hydrogen (secondary N) is 2. The van der Waals surface area contributed by atoms with Crippen LogP contribution >= 0.6 is 15.9 Å². The standard InChI is InChI=1S/C12H11BrN2O5/c1-5(12(18)19)14-11(17)6-2-9-8(3-7(6)13)15-10(16)4-20-9/h2-3,5H,4H2,1H3,(H,14,17)(H,15,16)(H,18,19). The van der Waals surface area contributed by atoms with Crippen molar-refractivity contribution >= 4 is 39.4 Å². The molecule has 0 radical (unpaired) electrons. The van der Waals surface area contributed by atoms with Crippen LogP contribution in [0.1, 0.15) is 17.3 Å². The third-order valence-corrected chi connectivity index (χ3v) is 3.32. The van der Waals surface area contributed by atoms with Gasteiger partial charge in [-0.25, -0.2) is 0 Å². The molecule has 0 aliphatic carbocycles. The summed E-state index contributed by atoms with van der Waals surface area (Å²) in [5.41, 5.74) is 0.684. The third-order valence-electron chi connectivity index (χ3n) is 2.66. The van der Waals surface area contributed by atoms with Crippen LogP contribution in [0.3, 0.4) is 0 Å². The second kappa shape index (κ2) is 5.49. The number of carbonyl (C=O) groups excluding carboxylic acids is 2. The van der Waals surface area contributed by atoms with Crippen LogP contribution in [0, 0.1) is 0 Å². The molecule has 1 aromatic carbocycles. The Labute approximate surface area is 122 Å². The Kier molecular flexibility index (Phi) is 3.93. The van der Waals surface area contributed by atoms with E-state index in [0.717, 1.165) is 0 Å². The molecule has 1 aliphatic rings. The van der Waals surface area contributed by atoms with Crippen LogP contribution in [0.15, 0.2) is 16.6 Å². The molecule has 8 heteroatoms. The first kappa shape index (κ1) is 14.3. The van der Waals surface area contributed by atoms with Crippen LogP contribution in [-0.4, -0.2) is 35.5 Å². The van der Waals surface area contributed by atoms with E-state index in [1.165, 1.54) is 19.1 Å². The molecule has 106 valence electrons. The summed E-state index contributed by atoms with van der Waals surface area (Å²) in [4.78, 5) is 33.9. The Morgan fingerprint density at radius 2 is 2.20 bits per heavy atom. The number of benzene rings is 1. The maximum absolute atomic E-state index is 12.0. The normalized spacial score (nSPS) is 14.6. The number of halogens is 1. The predicted molar refractivity (Wildman–Crippen MR) is 72.8 cm³/mol. The van der Waals surface area contributed by atoms with E-state index in [1.54, 1.807) is 0 Å². The van der Waals surface area contributed by atoms with Gasteiger partial charge in [-0.1, -0.05) is 0 Å². The summed E-state index contributed by atoms with van der Waals surface area (Å²) >= 11 is 3.21. The van der Waals surface area contributed by atoms with Crippen LogP contribution in [0.4, 0.5) is 5.69 Å². The summed E-state index contributed by atoms with van der Waals surface area (Å²) in [5, 5.41) is 13.7. The second-order valence-electron chi connectivity index (χ2n) is 4.20. The zero-order valence-corrected chi connectivity index (χ0v) is 12.0. The molecule has 2 rings (SSSR count). The van der Waals surface area contributed by atoms with Gasteiger partial charge in [-0.3, -0.25) is 14.4 Å². The van der Waals surface area contributed by atoms with E-state index in [0.29, 0.717) is 15.9 Å². The fraction of sp³-hybridized carbons (Fsp3) is 0.250. The molecule has 0 saturated carbocycles. The lowest BCUT2D eigenvalue weighted by molar-refractivity contribution is -0.138. The van der Waals surface area contributed by atoms with Gasteiger partial charge in [0, 0.05) is 4.47 Å². The fourth-order valence-corrected chi connectivity index (χ4v) is 2.13. The second-order valence-corrected chi connectivity index (χ2v) is 5.05. The van der Waals surface area contributed by atoms with Gasteiger partial charge in [0.2, 0.25) is 0 Å². The number of carboxylic acids is 1. The highest BCUT2D eigenvalue weighted by Crippen LogP contribution is 2.33. The molecular formula is C12H11BrN2O5. The Morgan fingerprint density at radius 1 is 1.50 bits per heavy atom. The van der Waals surface area contributed by atoms with Gasteiger partial charge in [0.25, 0.3) is 11.8 Å². The molecule has 0 bridgehead atoms. The van der Waals surface area contributed by atoms with Crippen molar-refractivity contribution in [1.82, 2.24) is 5.32 Å². The van der Waals surface area contributed by atoms with Gasteiger partial charge in [0.1, 0.15) is 11.8 Å². The van der Waals surface area contributed by atoms with Gasteiger partial charge in [0.15, 0.2) is 6.61 Å². The van der Waals surface area contributed by atoms with Crippen molar-refractivity contribution in [1.29, 1.82) is 0 Å². The zero-order valence-electron chi connectivity index (χ0n) is 10.4. The first-order valence-corrected chi connectivity index (χ1v) is 6.47. The molecule has 0 saturated heterocycles. The number of carboxylic acid groups (broad SMARTS) is 1. The number of ether oxygens (including phenoxy) is 1. The average Bonchev–Trinajstić information content (AvgIpc) is 2.37. The highest BCUT2D eigenvalue weighted by Gasteiger charge is 2.22. The van der Waals surface area contributed by atoms with Gasteiger partial charge in [-0.15, -0.1) is 0 Å². The van der Waals surface area contributed by atoms with Crippen molar-refractivity contribution in [2.45, 2.75) is 13.0 Å². The Balaban J connectivity index is 2.27. The molecule has 0 fully saturated rings. The van der Waals surface area contributed by atoms with Crippen molar-refractivity contribution in [3.63, 3.8) is 0 Å². The quantitative estimate of drug-likeness (QED) is 0.759. The summed E-state index contributed by atoms with van der Waals surface area (Å²) in [7, 11) is 0. The lowest BCUT2D eigenvalue weighted by atomic mass is 10.1. The van der Waals surface area contributed by atoms with Crippen molar-refractivity contribution in [2.75, 3.05) is 11.9 Å². The van der Waals surface area contributed by atoms with E-state index in [2.05, 4.69) is 26.6 Å². The summed E-state index contributed by atoms with van der Waals surface area (Å²) in [5.74, 6) is -1.59. The van der Waals surface area contributed by atoms with Crippen LogP contribution < -0.4 is 15.4 Å². The first-order valence-electron chi connectivity index (χ1n) is 5.68. The molecule has 20 heavy (non-hydrogen) atoms. The van der Waals surface area contributed by atoms with E-state index in [4.69, 9.17) is 9.84 Å². The monoisotopic (exact) mass is 342 g/mol. The number of hydrogen-bond acceptors (Lipinski definition) is 4. The Morgan fingerprint density at radius 3 is 2.85 bits per heavy atom. The smallest absolute Gasteiger partial charge is 0.325 e. The number of rotatable bonds is 3. The van der Waals surface area contributed by atoms with E-state index in [-0.39, 0.29) is 18.1 Å². The molecule has 3 N–H and O–H groups in total. The maximum Gasteiger partial charge on any atom is 0.325 e. The van der Waals surface area contributed by atoms with Gasteiger partial charge < -0.3 is 20.5 Å². The fourth-order valence-electron chi connectivity index (χ4n) is 1.61. The first-order chi connectivity index (χ1) is 9.38. The lowest BCUT2D eigenvalue weighted by Crippen LogP contribution is -2.38. The van der Waals surface area contributed by atoms with E-state index >= 15 is 0 Å². The molecule has 0 spiro atoms. The number of fused-ring (bicyclic) bond motifs is 1. The van der Waals surface area contributed by atoms with Gasteiger partial charge in [0.05, 0.1) is 11.3 Å². The molecule has 1 aromatic rings. The number of hydrogen-bond donors (Lipinski definition) is 3. The van der Waals surface area contributed by atoms with Crippen LogP contribution in [-0.2, 0) is 9.59 Å². The molecule has 1 aliphatic heterocycles. The van der Waals surface area contributed by atoms with Crippen LogP contribution in [0.25, 0.3) is 0 Å². The predicted octanol–water partition coefficient (Wildman–Crippen LogP) is 0.983. The zero-order chi connectivity index (χ0) is 14.9. The average molecular weight is 343 g/mol. The summed E-state index contributed by atoms with van der Waals surface area (Å²) in [6, 6.07) is 1.97. The largest absolute Gasteiger partial charge is 0.482 e. The van der Waals surface area contributed by atoms with Crippen LogP contribution in [0.2, 0.25) is 0 Å². The lowest BCUT2D eigenvalue weighted by Gasteiger charge is -2.19. The molecule has 0 aromatic heterocycles. The number of anilines is 1. The number of carbonyl (C=O) groups is 3. The molecule has 1 atom stereocenters. The molecular weight excluding hydrogens is 332 g/mol. The van der Waals surface area contributed by atoms with Gasteiger partial charge in [-0.2, -0.15) is 0 Å².